The van der Waals surface area contributed by atoms with Crippen LogP contribution >= 0.6 is 0 Å². The van der Waals surface area contributed by atoms with Gasteiger partial charge in [0.15, 0.2) is 11.5 Å². The number of methoxy groups -OCH3 is 2. The molecule has 6 heteroatoms. The Labute approximate surface area is 125 Å². The number of para-hydroxylation sites is 1. The summed E-state index contributed by atoms with van der Waals surface area (Å²) in [5.41, 5.74) is 7.00. The third kappa shape index (κ3) is 3.28. The van der Waals surface area contributed by atoms with Crippen LogP contribution in [0, 0.1) is 0 Å². The molecule has 1 aromatic rings. The molecule has 0 saturated carbocycles. The highest BCUT2D eigenvalue weighted by Gasteiger charge is 2.35. The number of likely N-dealkylation sites (N-methyl/N-ethyl adjacent to an activating group) is 1. The number of nitrogens with two attached hydrogens (primary N) is 1. The number of benzene rings is 1. The van der Waals surface area contributed by atoms with Gasteiger partial charge in [-0.3, -0.25) is 9.69 Å². The molecule has 2 rings (SSSR count). The van der Waals surface area contributed by atoms with Crippen molar-refractivity contribution < 1.29 is 14.3 Å². The van der Waals surface area contributed by atoms with Gasteiger partial charge in [-0.2, -0.15) is 0 Å². The molecule has 1 aliphatic heterocycles. The van der Waals surface area contributed by atoms with Gasteiger partial charge >= 0.3 is 0 Å². The average Bonchev–Trinajstić information content (AvgIpc) is 2.86. The fourth-order valence-electron chi connectivity index (χ4n) is 2.85. The van der Waals surface area contributed by atoms with Crippen molar-refractivity contribution in [2.45, 2.75) is 25.0 Å². The van der Waals surface area contributed by atoms with E-state index < -0.39 is 0 Å². The summed E-state index contributed by atoms with van der Waals surface area (Å²) in [5.74, 6) is 1.40. The number of ether oxygens (including phenoxy) is 2. The maximum absolute atomic E-state index is 12.0. The first-order valence-electron chi connectivity index (χ1n) is 7.01. The molecule has 116 valence electrons. The maximum atomic E-state index is 12.0. The van der Waals surface area contributed by atoms with E-state index in [-0.39, 0.29) is 18.0 Å². The second kappa shape index (κ2) is 6.78. The van der Waals surface area contributed by atoms with Crippen LogP contribution in [-0.4, -0.2) is 50.7 Å². The molecule has 3 N–H and O–H groups in total. The highest BCUT2D eigenvalue weighted by Crippen LogP contribution is 2.32. The minimum atomic E-state index is -0.194. The molecular formula is C15H23N3O3. The molecule has 1 aromatic carbocycles. The molecule has 1 aliphatic rings. The molecule has 0 radical (unpaired) electrons. The first kappa shape index (κ1) is 15.6. The summed E-state index contributed by atoms with van der Waals surface area (Å²) in [6.45, 7) is 1.30. The van der Waals surface area contributed by atoms with Crippen LogP contribution in [0.2, 0.25) is 0 Å². The van der Waals surface area contributed by atoms with E-state index >= 15 is 0 Å². The van der Waals surface area contributed by atoms with Crippen molar-refractivity contribution in [1.29, 1.82) is 0 Å². The molecule has 6 nitrogen and oxygen atoms in total. The van der Waals surface area contributed by atoms with Gasteiger partial charge in [0, 0.05) is 31.7 Å². The Bertz CT molecular complexity index is 507. The molecule has 0 aliphatic carbocycles. The highest BCUT2D eigenvalue weighted by atomic mass is 16.5. The zero-order valence-electron chi connectivity index (χ0n) is 12.8. The van der Waals surface area contributed by atoms with Crippen molar-refractivity contribution >= 4 is 5.91 Å². The number of likely N-dealkylation sites (tertiary alicyclic amines) is 1. The van der Waals surface area contributed by atoms with Crippen LogP contribution in [0.25, 0.3) is 0 Å². The van der Waals surface area contributed by atoms with E-state index in [0.717, 1.165) is 5.56 Å². The Morgan fingerprint density at radius 1 is 1.43 bits per heavy atom. The number of amides is 1. The molecule has 0 bridgehead atoms. The lowest BCUT2D eigenvalue weighted by atomic mass is 10.1. The van der Waals surface area contributed by atoms with E-state index in [2.05, 4.69) is 10.2 Å². The number of nitrogens with one attached hydrogen (secondary N) is 1. The highest BCUT2D eigenvalue weighted by molar-refractivity contribution is 5.81. The molecule has 1 amide bonds. The van der Waals surface area contributed by atoms with Gasteiger partial charge in [0.2, 0.25) is 5.91 Å². The van der Waals surface area contributed by atoms with E-state index in [0.29, 0.717) is 31.0 Å². The smallest absolute Gasteiger partial charge is 0.237 e. The minimum Gasteiger partial charge on any atom is -0.493 e. The van der Waals surface area contributed by atoms with Crippen LogP contribution in [0.1, 0.15) is 12.0 Å². The zero-order chi connectivity index (χ0) is 15.4. The van der Waals surface area contributed by atoms with E-state index in [1.807, 2.05) is 18.2 Å². The van der Waals surface area contributed by atoms with Crippen LogP contribution in [0.3, 0.4) is 0 Å². The quantitative estimate of drug-likeness (QED) is 0.819. The largest absolute Gasteiger partial charge is 0.493 e. The van der Waals surface area contributed by atoms with E-state index in [1.165, 1.54) is 0 Å². The first-order valence-corrected chi connectivity index (χ1v) is 7.01. The third-order valence-corrected chi connectivity index (χ3v) is 3.84. The van der Waals surface area contributed by atoms with Gasteiger partial charge in [-0.05, 0) is 12.5 Å². The normalized spacial score (nSPS) is 22.1. The fraction of sp³-hybridized carbons (Fsp3) is 0.533. The molecule has 0 unspecified atom stereocenters. The number of hydrogen-bond acceptors (Lipinski definition) is 5. The second-order valence-electron chi connectivity index (χ2n) is 5.21. The zero-order valence-corrected chi connectivity index (χ0v) is 12.8. The van der Waals surface area contributed by atoms with Crippen LogP contribution in [0.5, 0.6) is 11.5 Å². The Morgan fingerprint density at radius 3 is 2.81 bits per heavy atom. The number of hydrogen-bond donors (Lipinski definition) is 2. The Balaban J connectivity index is 2.22. The molecule has 2 atom stereocenters. The lowest BCUT2D eigenvalue weighted by molar-refractivity contribution is -0.125. The van der Waals surface area contributed by atoms with Crippen LogP contribution in [0.4, 0.5) is 0 Å². The monoisotopic (exact) mass is 293 g/mol. The van der Waals surface area contributed by atoms with E-state index in [9.17, 15) is 4.79 Å². The second-order valence-corrected chi connectivity index (χ2v) is 5.21. The number of nitrogens with zero attached hydrogens (tertiary/aromatic N) is 1. The van der Waals surface area contributed by atoms with E-state index in [4.69, 9.17) is 15.2 Å². The minimum absolute atomic E-state index is 0.00446. The van der Waals surface area contributed by atoms with Crippen molar-refractivity contribution in [3.63, 3.8) is 0 Å². The third-order valence-electron chi connectivity index (χ3n) is 3.84. The number of carbonyl (C=O) groups is 1. The maximum Gasteiger partial charge on any atom is 0.237 e. The van der Waals surface area contributed by atoms with Gasteiger partial charge in [0.1, 0.15) is 0 Å². The van der Waals surface area contributed by atoms with Crippen molar-refractivity contribution in [2.75, 3.05) is 27.8 Å². The molecule has 1 saturated heterocycles. The Morgan fingerprint density at radius 2 is 2.19 bits per heavy atom. The first-order chi connectivity index (χ1) is 10.1. The topological polar surface area (TPSA) is 76.8 Å². The summed E-state index contributed by atoms with van der Waals surface area (Å²) in [6.07, 6.45) is 0.673. The van der Waals surface area contributed by atoms with Crippen LogP contribution in [0.15, 0.2) is 18.2 Å². The average molecular weight is 293 g/mol. The van der Waals surface area contributed by atoms with Crippen molar-refractivity contribution in [3.8, 4) is 11.5 Å². The van der Waals surface area contributed by atoms with Crippen LogP contribution < -0.4 is 20.5 Å². The molecule has 1 fully saturated rings. The summed E-state index contributed by atoms with van der Waals surface area (Å²) in [7, 11) is 4.88. The molecule has 21 heavy (non-hydrogen) atoms. The summed E-state index contributed by atoms with van der Waals surface area (Å²) in [5, 5.41) is 2.70. The fourth-order valence-corrected chi connectivity index (χ4v) is 2.85. The van der Waals surface area contributed by atoms with Gasteiger partial charge in [0.25, 0.3) is 0 Å². The Hall–Kier alpha value is -1.79. The number of carbonyl (C=O) groups excluding carboxylic acids is 1. The van der Waals surface area contributed by atoms with Crippen molar-refractivity contribution in [1.82, 2.24) is 10.2 Å². The number of rotatable bonds is 5. The molecule has 1 heterocycles. The predicted molar refractivity (Wildman–Crippen MR) is 80.4 cm³/mol. The summed E-state index contributed by atoms with van der Waals surface area (Å²) < 4.78 is 10.8. The van der Waals surface area contributed by atoms with Crippen molar-refractivity contribution in [3.05, 3.63) is 23.8 Å². The van der Waals surface area contributed by atoms with E-state index in [1.54, 1.807) is 21.3 Å². The molecule has 0 aromatic heterocycles. The van der Waals surface area contributed by atoms with Crippen molar-refractivity contribution in [2.24, 2.45) is 5.73 Å². The van der Waals surface area contributed by atoms with Gasteiger partial charge in [-0.15, -0.1) is 0 Å². The lowest BCUT2D eigenvalue weighted by Gasteiger charge is -2.24. The van der Waals surface area contributed by atoms with Gasteiger partial charge in [0.05, 0.1) is 20.3 Å². The summed E-state index contributed by atoms with van der Waals surface area (Å²) in [6, 6.07) is 5.58. The molecular weight excluding hydrogens is 270 g/mol. The summed E-state index contributed by atoms with van der Waals surface area (Å²) >= 11 is 0. The Kier molecular flexibility index (Phi) is 5.03. The SMILES string of the molecule is CNC(=O)[C@@H]1C[C@@H](N)CN1Cc1cccc(OC)c1OC. The standard InChI is InChI=1S/C15H23N3O3/c1-17-15(19)12-7-11(16)9-18(12)8-10-5-4-6-13(20-2)14(10)21-3/h4-6,11-12H,7-9,16H2,1-3H3,(H,17,19)/t11-,12+/m1/s1. The predicted octanol–water partition coefficient (Wildman–Crippen LogP) is 0.351. The van der Waals surface area contributed by atoms with Gasteiger partial charge in [-0.1, -0.05) is 12.1 Å². The molecule has 0 spiro atoms. The van der Waals surface area contributed by atoms with Gasteiger partial charge < -0.3 is 20.5 Å². The van der Waals surface area contributed by atoms with Crippen LogP contribution in [-0.2, 0) is 11.3 Å². The summed E-state index contributed by atoms with van der Waals surface area (Å²) in [4.78, 5) is 14.1. The lowest BCUT2D eigenvalue weighted by Crippen LogP contribution is -2.41. The van der Waals surface area contributed by atoms with Gasteiger partial charge in [-0.25, -0.2) is 0 Å².